The molecule has 0 saturated carbocycles. The summed E-state index contributed by atoms with van der Waals surface area (Å²) < 4.78 is 25.6. The second-order valence-electron chi connectivity index (χ2n) is 6.66. The summed E-state index contributed by atoms with van der Waals surface area (Å²) in [6, 6.07) is 5.97. The number of anilines is 2. The Morgan fingerprint density at radius 1 is 1.25 bits per heavy atom. The van der Waals surface area contributed by atoms with Crippen LogP contribution in [0.4, 0.5) is 10.8 Å². The first-order valence-corrected chi connectivity index (χ1v) is 11.0. The molecule has 128 valence electrons. The Balaban J connectivity index is 1.66. The predicted molar refractivity (Wildman–Crippen MR) is 99.5 cm³/mol. The molecule has 1 atom stereocenters. The van der Waals surface area contributed by atoms with Crippen LogP contribution >= 0.6 is 11.3 Å². The number of thiazole rings is 1. The molecule has 5 nitrogen and oxygen atoms in total. The van der Waals surface area contributed by atoms with Crippen LogP contribution in [0.5, 0.6) is 0 Å². The van der Waals surface area contributed by atoms with Gasteiger partial charge >= 0.3 is 0 Å². The molecule has 2 aromatic rings. The van der Waals surface area contributed by atoms with E-state index in [0.717, 1.165) is 47.2 Å². The number of benzene rings is 1. The molecule has 1 aromatic heterocycles. The van der Waals surface area contributed by atoms with E-state index in [1.807, 2.05) is 19.1 Å². The molecule has 3 heterocycles. The number of hydrogen-bond acceptors (Lipinski definition) is 5. The van der Waals surface area contributed by atoms with E-state index in [1.165, 1.54) is 23.4 Å². The average Bonchev–Trinajstić information content (AvgIpc) is 3.23. The van der Waals surface area contributed by atoms with Crippen LogP contribution in [0.25, 0.3) is 11.3 Å². The highest BCUT2D eigenvalue weighted by atomic mass is 32.2. The zero-order chi connectivity index (χ0) is 16.9. The van der Waals surface area contributed by atoms with Crippen LogP contribution in [0, 0.1) is 0 Å². The smallest absolute Gasteiger partial charge is 0.232 e. The van der Waals surface area contributed by atoms with E-state index < -0.39 is 10.0 Å². The number of nitrogens with zero attached hydrogens (tertiary/aromatic N) is 3. The highest BCUT2D eigenvalue weighted by Gasteiger charge is 2.32. The molecular weight excluding hydrogens is 342 g/mol. The molecular formula is C17H21N3O2S2. The quantitative estimate of drug-likeness (QED) is 0.841. The number of rotatable bonds is 3. The minimum atomic E-state index is -3.24. The summed E-state index contributed by atoms with van der Waals surface area (Å²) in [5.74, 6) is 0. The lowest BCUT2D eigenvalue weighted by Crippen LogP contribution is -2.34. The molecule has 0 radical (unpaired) electrons. The summed E-state index contributed by atoms with van der Waals surface area (Å²) >= 11 is 1.69. The monoisotopic (exact) mass is 363 g/mol. The van der Waals surface area contributed by atoms with Crippen LogP contribution in [-0.4, -0.2) is 38.8 Å². The Morgan fingerprint density at radius 3 is 2.71 bits per heavy atom. The fraction of sp³-hybridized carbons (Fsp3) is 0.471. The minimum Gasteiger partial charge on any atom is -0.348 e. The van der Waals surface area contributed by atoms with Gasteiger partial charge in [-0.3, -0.25) is 4.31 Å². The molecule has 7 heteroatoms. The average molecular weight is 364 g/mol. The van der Waals surface area contributed by atoms with Gasteiger partial charge in [0.1, 0.15) is 0 Å². The van der Waals surface area contributed by atoms with Crippen molar-refractivity contribution in [3.63, 3.8) is 0 Å². The molecule has 2 aliphatic heterocycles. The number of fused-ring (bicyclic) bond motifs is 1. The molecule has 4 rings (SSSR count). The summed E-state index contributed by atoms with van der Waals surface area (Å²) in [5.41, 5.74) is 3.94. The zero-order valence-corrected chi connectivity index (χ0v) is 15.5. The van der Waals surface area contributed by atoms with Gasteiger partial charge in [0.05, 0.1) is 17.6 Å². The first-order chi connectivity index (χ1) is 11.4. The third kappa shape index (κ3) is 2.69. The lowest BCUT2D eigenvalue weighted by atomic mass is 10.1. The molecule has 1 fully saturated rings. The van der Waals surface area contributed by atoms with Gasteiger partial charge in [-0.25, -0.2) is 13.4 Å². The molecule has 0 spiro atoms. The Kier molecular flexibility index (Phi) is 3.80. The van der Waals surface area contributed by atoms with Gasteiger partial charge in [0, 0.05) is 30.1 Å². The molecule has 1 aromatic carbocycles. The number of aromatic nitrogens is 1. The summed E-state index contributed by atoms with van der Waals surface area (Å²) in [4.78, 5) is 7.13. The fourth-order valence-electron chi connectivity index (χ4n) is 3.72. The van der Waals surface area contributed by atoms with Gasteiger partial charge in [0.15, 0.2) is 5.13 Å². The molecule has 24 heavy (non-hydrogen) atoms. The second-order valence-corrected chi connectivity index (χ2v) is 9.36. The Bertz CT molecular complexity index is 870. The van der Waals surface area contributed by atoms with E-state index in [0.29, 0.717) is 0 Å². The Morgan fingerprint density at radius 2 is 2.00 bits per heavy atom. The Labute approximate surface area is 147 Å². The van der Waals surface area contributed by atoms with Gasteiger partial charge in [-0.1, -0.05) is 6.07 Å². The molecule has 0 amide bonds. The number of hydrogen-bond donors (Lipinski definition) is 0. The van der Waals surface area contributed by atoms with Crippen molar-refractivity contribution in [1.29, 1.82) is 0 Å². The van der Waals surface area contributed by atoms with Crippen molar-refractivity contribution in [3.8, 4) is 11.3 Å². The van der Waals surface area contributed by atoms with Crippen LogP contribution in [0.15, 0.2) is 23.6 Å². The van der Waals surface area contributed by atoms with Crippen molar-refractivity contribution in [1.82, 2.24) is 4.98 Å². The van der Waals surface area contributed by atoms with Crippen LogP contribution in [0.1, 0.15) is 25.3 Å². The van der Waals surface area contributed by atoms with Crippen molar-refractivity contribution in [2.45, 2.75) is 32.2 Å². The van der Waals surface area contributed by atoms with E-state index in [2.05, 4.69) is 16.3 Å². The van der Waals surface area contributed by atoms with Gasteiger partial charge < -0.3 is 4.90 Å². The van der Waals surface area contributed by atoms with Crippen molar-refractivity contribution in [3.05, 3.63) is 29.1 Å². The normalized spacial score (nSPS) is 20.7. The van der Waals surface area contributed by atoms with Gasteiger partial charge in [-0.15, -0.1) is 11.3 Å². The lowest BCUT2D eigenvalue weighted by Gasteiger charge is -2.21. The maximum absolute atomic E-state index is 12.0. The van der Waals surface area contributed by atoms with Gasteiger partial charge in [0.2, 0.25) is 10.0 Å². The summed E-state index contributed by atoms with van der Waals surface area (Å²) in [7, 11) is -3.24. The maximum atomic E-state index is 12.0. The third-order valence-electron chi connectivity index (χ3n) is 4.75. The zero-order valence-electron chi connectivity index (χ0n) is 13.9. The molecule has 2 aliphatic rings. The fourth-order valence-corrected chi connectivity index (χ4v) is 5.87. The van der Waals surface area contributed by atoms with Crippen molar-refractivity contribution in [2.75, 3.05) is 28.6 Å². The third-order valence-corrected chi connectivity index (χ3v) is 6.93. The molecule has 0 N–H and O–H groups in total. The topological polar surface area (TPSA) is 53.5 Å². The molecule has 1 saturated heterocycles. The largest absolute Gasteiger partial charge is 0.348 e. The van der Waals surface area contributed by atoms with Gasteiger partial charge in [0.25, 0.3) is 0 Å². The summed E-state index contributed by atoms with van der Waals surface area (Å²) in [5, 5.41) is 3.19. The maximum Gasteiger partial charge on any atom is 0.232 e. The molecule has 0 bridgehead atoms. The van der Waals surface area contributed by atoms with Gasteiger partial charge in [-0.2, -0.15) is 0 Å². The SMILES string of the molecule is CC1Cc2cc(-c3csc(N4CCCC4)n3)ccc2N1S(C)(=O)=O. The molecule has 0 aliphatic carbocycles. The lowest BCUT2D eigenvalue weighted by molar-refractivity contribution is 0.590. The van der Waals surface area contributed by atoms with E-state index in [9.17, 15) is 8.42 Å². The Hall–Kier alpha value is -1.60. The van der Waals surface area contributed by atoms with E-state index >= 15 is 0 Å². The van der Waals surface area contributed by atoms with E-state index in [4.69, 9.17) is 4.98 Å². The van der Waals surface area contributed by atoms with E-state index in [1.54, 1.807) is 11.3 Å². The van der Waals surface area contributed by atoms with Crippen LogP contribution in [0.3, 0.4) is 0 Å². The minimum absolute atomic E-state index is 0.0270. The molecule has 1 unspecified atom stereocenters. The van der Waals surface area contributed by atoms with Crippen molar-refractivity contribution >= 4 is 32.2 Å². The van der Waals surface area contributed by atoms with E-state index in [-0.39, 0.29) is 6.04 Å². The van der Waals surface area contributed by atoms with Crippen molar-refractivity contribution < 1.29 is 8.42 Å². The van der Waals surface area contributed by atoms with Crippen LogP contribution < -0.4 is 9.21 Å². The number of sulfonamides is 1. The second kappa shape index (κ2) is 5.74. The highest BCUT2D eigenvalue weighted by molar-refractivity contribution is 7.92. The first kappa shape index (κ1) is 15.9. The van der Waals surface area contributed by atoms with Gasteiger partial charge in [-0.05, 0) is 43.9 Å². The van der Waals surface area contributed by atoms with Crippen LogP contribution in [-0.2, 0) is 16.4 Å². The standard InChI is InChI=1S/C17H21N3O2S2/c1-12-9-14-10-13(5-6-16(14)20(12)24(2,21)22)15-11-23-17(18-15)19-7-3-4-8-19/h5-6,10-12H,3-4,7-9H2,1-2H3. The first-order valence-electron chi connectivity index (χ1n) is 8.26. The predicted octanol–water partition coefficient (Wildman–Crippen LogP) is 3.12. The van der Waals surface area contributed by atoms with Crippen molar-refractivity contribution in [2.24, 2.45) is 0 Å². The van der Waals surface area contributed by atoms with Crippen LogP contribution in [0.2, 0.25) is 0 Å². The summed E-state index contributed by atoms with van der Waals surface area (Å²) in [6.45, 7) is 4.14. The highest BCUT2D eigenvalue weighted by Crippen LogP contribution is 2.37. The summed E-state index contributed by atoms with van der Waals surface area (Å²) in [6.07, 6.45) is 4.51.